The van der Waals surface area contributed by atoms with Gasteiger partial charge in [-0.3, -0.25) is 0 Å². The summed E-state index contributed by atoms with van der Waals surface area (Å²) >= 11 is 0. The summed E-state index contributed by atoms with van der Waals surface area (Å²) in [5.74, 6) is -0.223. The number of halogens is 1. The normalized spacial score (nSPS) is 19.9. The number of hydrogen-bond acceptors (Lipinski definition) is 1. The second-order valence-electron chi connectivity index (χ2n) is 2.82. The molecule has 0 bridgehead atoms. The summed E-state index contributed by atoms with van der Waals surface area (Å²) in [7, 11) is 0. The average Bonchev–Trinajstić information content (AvgIpc) is 2.20. The van der Waals surface area contributed by atoms with Crippen LogP contribution in [0.4, 0.5) is 4.39 Å². The van der Waals surface area contributed by atoms with Gasteiger partial charge in [0, 0.05) is 0 Å². The van der Waals surface area contributed by atoms with Gasteiger partial charge < -0.3 is 4.74 Å². The van der Waals surface area contributed by atoms with Crippen molar-refractivity contribution in [1.29, 1.82) is 0 Å². The fraction of sp³-hybridized carbons (Fsp3) is 0.0909. The molecule has 1 aliphatic heterocycles. The van der Waals surface area contributed by atoms with E-state index >= 15 is 0 Å². The highest BCUT2D eigenvalue weighted by Crippen LogP contribution is 2.21. The fourth-order valence-electron chi connectivity index (χ4n) is 1.23. The number of hydrogen-bond donors (Lipinski definition) is 0. The maximum absolute atomic E-state index is 12.6. The van der Waals surface area contributed by atoms with Crippen molar-refractivity contribution in [3.8, 4) is 0 Å². The molecule has 1 atom stereocenters. The Labute approximate surface area is 76.2 Å². The van der Waals surface area contributed by atoms with Gasteiger partial charge in [-0.15, -0.1) is 0 Å². The van der Waals surface area contributed by atoms with Crippen LogP contribution in [0.5, 0.6) is 0 Å². The molecule has 1 nitrogen and oxygen atoms in total. The summed E-state index contributed by atoms with van der Waals surface area (Å²) in [6, 6.07) is 6.32. The molecule has 0 radical (unpaired) electrons. The molecule has 0 fully saturated rings. The van der Waals surface area contributed by atoms with E-state index in [1.807, 2.05) is 18.2 Å². The molecule has 1 aliphatic rings. The van der Waals surface area contributed by atoms with Crippen molar-refractivity contribution >= 4 is 0 Å². The maximum atomic E-state index is 12.6. The zero-order valence-corrected chi connectivity index (χ0v) is 6.98. The summed E-state index contributed by atoms with van der Waals surface area (Å²) in [5, 5.41) is 0. The number of rotatable bonds is 1. The fourth-order valence-corrected chi connectivity index (χ4v) is 1.23. The molecule has 0 spiro atoms. The largest absolute Gasteiger partial charge is 0.489 e. The zero-order valence-electron chi connectivity index (χ0n) is 6.98. The Hall–Kier alpha value is -1.57. The second-order valence-corrected chi connectivity index (χ2v) is 2.82. The summed E-state index contributed by atoms with van der Waals surface area (Å²) in [5.41, 5.74) is 0.960. The van der Waals surface area contributed by atoms with Gasteiger partial charge in [-0.1, -0.05) is 18.2 Å². The molecule has 0 saturated carbocycles. The van der Waals surface area contributed by atoms with E-state index in [1.165, 1.54) is 12.1 Å². The van der Waals surface area contributed by atoms with E-state index in [2.05, 4.69) is 0 Å². The quantitative estimate of drug-likeness (QED) is 0.639. The van der Waals surface area contributed by atoms with E-state index in [0.717, 1.165) is 5.56 Å². The number of ether oxygens (including phenoxy) is 1. The first kappa shape index (κ1) is 8.05. The highest BCUT2D eigenvalue weighted by molar-refractivity contribution is 5.24. The van der Waals surface area contributed by atoms with Crippen molar-refractivity contribution in [3.05, 3.63) is 60.1 Å². The van der Waals surface area contributed by atoms with Crippen LogP contribution in [-0.2, 0) is 4.74 Å². The third kappa shape index (κ3) is 1.78. The molecule has 0 unspecified atom stereocenters. The number of benzene rings is 1. The third-order valence-corrected chi connectivity index (χ3v) is 1.90. The van der Waals surface area contributed by atoms with Gasteiger partial charge in [-0.2, -0.15) is 0 Å². The molecule has 1 aromatic rings. The third-order valence-electron chi connectivity index (χ3n) is 1.90. The van der Waals surface area contributed by atoms with Gasteiger partial charge in [0.15, 0.2) is 0 Å². The van der Waals surface area contributed by atoms with E-state index in [0.29, 0.717) is 0 Å². The van der Waals surface area contributed by atoms with Gasteiger partial charge in [0.2, 0.25) is 0 Å². The van der Waals surface area contributed by atoms with E-state index in [1.54, 1.807) is 18.4 Å². The molecule has 0 saturated heterocycles. The van der Waals surface area contributed by atoms with Gasteiger partial charge in [0.25, 0.3) is 0 Å². The van der Waals surface area contributed by atoms with Crippen molar-refractivity contribution in [2.75, 3.05) is 0 Å². The Bertz CT molecular complexity index is 338. The van der Waals surface area contributed by atoms with Gasteiger partial charge in [0.1, 0.15) is 11.9 Å². The van der Waals surface area contributed by atoms with E-state index in [4.69, 9.17) is 4.74 Å². The van der Waals surface area contributed by atoms with E-state index in [9.17, 15) is 4.39 Å². The monoisotopic (exact) mass is 176 g/mol. The lowest BCUT2D eigenvalue weighted by Gasteiger charge is -2.14. The number of allylic oxidation sites excluding steroid dienone is 2. The Kier molecular flexibility index (Phi) is 2.13. The minimum absolute atomic E-state index is 0.0781. The van der Waals surface area contributed by atoms with Crippen LogP contribution in [0.2, 0.25) is 0 Å². The van der Waals surface area contributed by atoms with Crippen LogP contribution in [0.3, 0.4) is 0 Å². The van der Waals surface area contributed by atoms with Crippen LogP contribution in [0.25, 0.3) is 0 Å². The molecule has 0 aromatic heterocycles. The summed E-state index contributed by atoms with van der Waals surface area (Å²) in [6.45, 7) is 0. The molecule has 66 valence electrons. The van der Waals surface area contributed by atoms with Crippen LogP contribution in [-0.4, -0.2) is 0 Å². The van der Waals surface area contributed by atoms with Gasteiger partial charge in [-0.05, 0) is 29.8 Å². The molecule has 13 heavy (non-hydrogen) atoms. The topological polar surface area (TPSA) is 9.23 Å². The smallest absolute Gasteiger partial charge is 0.141 e. The summed E-state index contributed by atoms with van der Waals surface area (Å²) in [4.78, 5) is 0. The Morgan fingerprint density at radius 1 is 1.08 bits per heavy atom. The SMILES string of the molecule is Fc1ccc([C@H]2C=CC=CO2)cc1. The minimum atomic E-state index is -0.223. The van der Waals surface area contributed by atoms with Crippen LogP contribution >= 0.6 is 0 Å². The van der Waals surface area contributed by atoms with Gasteiger partial charge in [0.05, 0.1) is 6.26 Å². The first-order valence-corrected chi connectivity index (χ1v) is 4.10. The lowest BCUT2D eigenvalue weighted by Crippen LogP contribution is -1.98. The molecule has 0 amide bonds. The molecule has 0 N–H and O–H groups in total. The molecular formula is C11H9FO. The van der Waals surface area contributed by atoms with Crippen molar-refractivity contribution in [3.63, 3.8) is 0 Å². The lowest BCUT2D eigenvalue weighted by atomic mass is 10.1. The Morgan fingerprint density at radius 3 is 2.46 bits per heavy atom. The van der Waals surface area contributed by atoms with E-state index < -0.39 is 0 Å². The van der Waals surface area contributed by atoms with Gasteiger partial charge >= 0.3 is 0 Å². The van der Waals surface area contributed by atoms with Crippen molar-refractivity contribution in [2.45, 2.75) is 6.10 Å². The first-order chi connectivity index (χ1) is 6.36. The predicted molar refractivity (Wildman–Crippen MR) is 48.5 cm³/mol. The molecule has 1 heterocycles. The van der Waals surface area contributed by atoms with Crippen molar-refractivity contribution in [2.24, 2.45) is 0 Å². The Morgan fingerprint density at radius 2 is 1.85 bits per heavy atom. The molecule has 2 rings (SSSR count). The maximum Gasteiger partial charge on any atom is 0.141 e. The van der Waals surface area contributed by atoms with Crippen LogP contribution < -0.4 is 0 Å². The van der Waals surface area contributed by atoms with Crippen molar-refractivity contribution in [1.82, 2.24) is 0 Å². The highest BCUT2D eigenvalue weighted by Gasteiger charge is 2.08. The predicted octanol–water partition coefficient (Wildman–Crippen LogP) is 2.97. The molecule has 2 heteroatoms. The zero-order chi connectivity index (χ0) is 9.10. The van der Waals surface area contributed by atoms with Crippen LogP contribution in [0.15, 0.2) is 48.8 Å². The first-order valence-electron chi connectivity index (χ1n) is 4.10. The molecule has 0 aliphatic carbocycles. The minimum Gasteiger partial charge on any atom is -0.489 e. The molecule has 1 aromatic carbocycles. The average molecular weight is 176 g/mol. The second kappa shape index (κ2) is 3.44. The van der Waals surface area contributed by atoms with Gasteiger partial charge in [-0.25, -0.2) is 4.39 Å². The molecular weight excluding hydrogens is 167 g/mol. The standard InChI is InChI=1S/C11H9FO/c12-10-6-4-9(5-7-10)11-3-1-2-8-13-11/h1-8,11H/t11-/m1/s1. The van der Waals surface area contributed by atoms with Crippen LogP contribution in [0, 0.1) is 5.82 Å². The summed E-state index contributed by atoms with van der Waals surface area (Å²) < 4.78 is 17.9. The highest BCUT2D eigenvalue weighted by atomic mass is 19.1. The Balaban J connectivity index is 2.21. The lowest BCUT2D eigenvalue weighted by molar-refractivity contribution is 0.186. The van der Waals surface area contributed by atoms with Crippen molar-refractivity contribution < 1.29 is 9.13 Å². The summed E-state index contributed by atoms with van der Waals surface area (Å²) in [6.07, 6.45) is 7.21. The van der Waals surface area contributed by atoms with E-state index in [-0.39, 0.29) is 11.9 Å². The van der Waals surface area contributed by atoms with Crippen LogP contribution in [0.1, 0.15) is 11.7 Å².